The summed E-state index contributed by atoms with van der Waals surface area (Å²) in [5.41, 5.74) is 3.02. The number of anilines is 5. The van der Waals surface area contributed by atoms with Gasteiger partial charge in [0.2, 0.25) is 17.8 Å². The molecule has 2 aromatic rings. The molecule has 1 aliphatic carbocycles. The van der Waals surface area contributed by atoms with Crippen molar-refractivity contribution >= 4 is 40.6 Å². The molecule has 2 aliphatic heterocycles. The van der Waals surface area contributed by atoms with Gasteiger partial charge in [-0.3, -0.25) is 9.59 Å². The number of carbonyl (C=O) groups excluding carboxylic acids is 2. The van der Waals surface area contributed by atoms with Crippen LogP contribution in [-0.2, 0) is 16.0 Å². The van der Waals surface area contributed by atoms with E-state index < -0.39 is 5.41 Å². The van der Waals surface area contributed by atoms with Gasteiger partial charge in [-0.05, 0) is 50.5 Å². The van der Waals surface area contributed by atoms with Crippen molar-refractivity contribution in [1.82, 2.24) is 9.97 Å². The van der Waals surface area contributed by atoms with E-state index in [0.29, 0.717) is 25.0 Å². The summed E-state index contributed by atoms with van der Waals surface area (Å²) in [6, 6.07) is 6.26. The highest BCUT2D eigenvalue weighted by Crippen LogP contribution is 2.40. The molecule has 5 rings (SSSR count). The summed E-state index contributed by atoms with van der Waals surface area (Å²) >= 11 is 0. The predicted octanol–water partition coefficient (Wildman–Crippen LogP) is 3.49. The van der Waals surface area contributed by atoms with Crippen LogP contribution >= 0.6 is 0 Å². The van der Waals surface area contributed by atoms with E-state index in [4.69, 9.17) is 4.98 Å². The van der Waals surface area contributed by atoms with E-state index in [1.165, 1.54) is 12.8 Å². The van der Waals surface area contributed by atoms with Crippen LogP contribution in [0.4, 0.5) is 28.8 Å². The van der Waals surface area contributed by atoms with E-state index in [1.807, 2.05) is 39.1 Å². The lowest BCUT2D eigenvalue weighted by Gasteiger charge is -2.34. The molecular formula is C24H30N6O2. The number of likely N-dealkylation sites (N-methyl/N-ethyl adjacent to an activating group) is 1. The number of nitrogens with zero attached hydrogens (tertiary/aromatic N) is 5. The van der Waals surface area contributed by atoms with Crippen LogP contribution in [0.1, 0.15) is 45.1 Å². The van der Waals surface area contributed by atoms with Gasteiger partial charge >= 0.3 is 0 Å². The highest BCUT2D eigenvalue weighted by Gasteiger charge is 2.41. The first-order valence-electron chi connectivity index (χ1n) is 11.3. The number of hydrogen-bond donors (Lipinski definition) is 1. The highest BCUT2D eigenvalue weighted by atomic mass is 16.2. The molecular weight excluding hydrogens is 404 g/mol. The zero-order valence-electron chi connectivity index (χ0n) is 19.2. The molecule has 168 valence electrons. The fourth-order valence-electron chi connectivity index (χ4n) is 5.20. The van der Waals surface area contributed by atoms with Crippen LogP contribution in [0.5, 0.6) is 0 Å². The maximum atomic E-state index is 13.1. The molecule has 1 aromatic carbocycles. The third kappa shape index (κ3) is 3.38. The van der Waals surface area contributed by atoms with E-state index in [2.05, 4.69) is 15.2 Å². The summed E-state index contributed by atoms with van der Waals surface area (Å²) in [7, 11) is 3.61. The van der Waals surface area contributed by atoms with Gasteiger partial charge in [-0.25, -0.2) is 4.98 Å². The zero-order chi connectivity index (χ0) is 22.6. The molecule has 2 amide bonds. The molecule has 1 fully saturated rings. The lowest BCUT2D eigenvalue weighted by molar-refractivity contribution is -0.125. The van der Waals surface area contributed by atoms with Gasteiger partial charge < -0.3 is 20.0 Å². The minimum Gasteiger partial charge on any atom is -0.351 e. The van der Waals surface area contributed by atoms with Gasteiger partial charge in [0.1, 0.15) is 5.69 Å². The van der Waals surface area contributed by atoms with Crippen molar-refractivity contribution in [3.05, 3.63) is 30.0 Å². The fraction of sp³-hybridized carbons (Fsp3) is 0.500. The maximum absolute atomic E-state index is 13.1. The molecule has 1 aromatic heterocycles. The van der Waals surface area contributed by atoms with Crippen LogP contribution in [0.2, 0.25) is 0 Å². The molecule has 8 nitrogen and oxygen atoms in total. The van der Waals surface area contributed by atoms with Crippen LogP contribution in [0, 0.1) is 5.41 Å². The van der Waals surface area contributed by atoms with Gasteiger partial charge in [0, 0.05) is 38.1 Å². The molecule has 0 unspecified atom stereocenters. The Morgan fingerprint density at radius 2 is 1.81 bits per heavy atom. The average molecular weight is 435 g/mol. The molecule has 1 N–H and O–H groups in total. The second kappa shape index (κ2) is 7.46. The molecule has 0 bridgehead atoms. The third-order valence-corrected chi connectivity index (χ3v) is 7.01. The maximum Gasteiger partial charge on any atom is 0.234 e. The monoisotopic (exact) mass is 434 g/mol. The number of amides is 2. The fourth-order valence-corrected chi connectivity index (χ4v) is 5.20. The first kappa shape index (κ1) is 20.7. The molecule has 0 saturated heterocycles. The second-order valence-electron chi connectivity index (χ2n) is 9.81. The molecule has 3 aliphatic rings. The van der Waals surface area contributed by atoms with E-state index in [1.54, 1.807) is 23.0 Å². The summed E-state index contributed by atoms with van der Waals surface area (Å²) in [6.45, 7) is 4.65. The first-order chi connectivity index (χ1) is 15.2. The quantitative estimate of drug-likeness (QED) is 0.796. The van der Waals surface area contributed by atoms with Crippen molar-refractivity contribution in [1.29, 1.82) is 0 Å². The Kier molecular flexibility index (Phi) is 4.83. The minimum absolute atomic E-state index is 0.0796. The van der Waals surface area contributed by atoms with Gasteiger partial charge in [0.25, 0.3) is 0 Å². The predicted molar refractivity (Wildman–Crippen MR) is 126 cm³/mol. The summed E-state index contributed by atoms with van der Waals surface area (Å²) in [6.07, 6.45) is 6.80. The zero-order valence-corrected chi connectivity index (χ0v) is 19.2. The van der Waals surface area contributed by atoms with Crippen molar-refractivity contribution in [2.75, 3.05) is 40.7 Å². The van der Waals surface area contributed by atoms with Gasteiger partial charge in [0.15, 0.2) is 5.82 Å². The van der Waals surface area contributed by atoms with Crippen LogP contribution in [-0.4, -0.2) is 48.5 Å². The molecule has 32 heavy (non-hydrogen) atoms. The molecule has 0 spiro atoms. The largest absolute Gasteiger partial charge is 0.351 e. The standard InChI is InChI=1S/C24H30N6O2/c1-24(2)14-30(17-7-5-6-8-17)21-19(29(4)22(24)32)13-25-23(27-21)26-16-9-10-18-15(11-16)12-20(31)28(18)3/h9-11,13,17H,5-8,12,14H2,1-4H3,(H,25,26,27). The molecule has 3 heterocycles. The molecule has 0 atom stereocenters. The minimum atomic E-state index is -0.510. The Labute approximate surface area is 188 Å². The Hall–Kier alpha value is -3.16. The number of nitrogens with one attached hydrogen (secondary N) is 1. The van der Waals surface area contributed by atoms with Crippen LogP contribution in [0.25, 0.3) is 0 Å². The highest BCUT2D eigenvalue weighted by molar-refractivity contribution is 6.02. The summed E-state index contributed by atoms with van der Waals surface area (Å²) in [4.78, 5) is 40.3. The molecule has 8 heteroatoms. The number of fused-ring (bicyclic) bond motifs is 2. The summed E-state index contributed by atoms with van der Waals surface area (Å²) in [5.74, 6) is 1.48. The SMILES string of the molecule is CN1C(=O)Cc2cc(Nc3ncc4c(n3)N(C3CCCC3)CC(C)(C)C(=O)N4C)ccc21. The molecule has 0 radical (unpaired) electrons. The number of benzene rings is 1. The van der Waals surface area contributed by atoms with Gasteiger partial charge in [0.05, 0.1) is 18.0 Å². The van der Waals surface area contributed by atoms with Crippen molar-refractivity contribution in [3.8, 4) is 0 Å². The Bertz CT molecular complexity index is 1090. The third-order valence-electron chi connectivity index (χ3n) is 7.01. The van der Waals surface area contributed by atoms with Gasteiger partial charge in [-0.15, -0.1) is 0 Å². The lowest BCUT2D eigenvalue weighted by Crippen LogP contribution is -2.45. The summed E-state index contributed by atoms with van der Waals surface area (Å²) < 4.78 is 0. The number of aromatic nitrogens is 2. The first-order valence-corrected chi connectivity index (χ1v) is 11.3. The Morgan fingerprint density at radius 3 is 2.56 bits per heavy atom. The molecule has 1 saturated carbocycles. The van der Waals surface area contributed by atoms with E-state index in [9.17, 15) is 9.59 Å². The van der Waals surface area contributed by atoms with E-state index in [0.717, 1.165) is 41.3 Å². The smallest absolute Gasteiger partial charge is 0.234 e. The average Bonchev–Trinajstić information content (AvgIpc) is 3.38. The van der Waals surface area contributed by atoms with Crippen LogP contribution in [0.3, 0.4) is 0 Å². The van der Waals surface area contributed by atoms with Crippen molar-refractivity contribution < 1.29 is 9.59 Å². The van der Waals surface area contributed by atoms with E-state index in [-0.39, 0.29) is 11.8 Å². The van der Waals surface area contributed by atoms with Crippen LogP contribution < -0.4 is 20.0 Å². The van der Waals surface area contributed by atoms with Crippen LogP contribution in [0.15, 0.2) is 24.4 Å². The topological polar surface area (TPSA) is 81.7 Å². The summed E-state index contributed by atoms with van der Waals surface area (Å²) in [5, 5.41) is 3.31. The van der Waals surface area contributed by atoms with Gasteiger partial charge in [-0.2, -0.15) is 4.98 Å². The van der Waals surface area contributed by atoms with Gasteiger partial charge in [-0.1, -0.05) is 12.8 Å². The lowest BCUT2D eigenvalue weighted by atomic mass is 9.91. The number of hydrogen-bond acceptors (Lipinski definition) is 6. The van der Waals surface area contributed by atoms with Crippen molar-refractivity contribution in [2.45, 2.75) is 52.0 Å². The number of rotatable bonds is 3. The normalized spacial score (nSPS) is 20.4. The van der Waals surface area contributed by atoms with Crippen molar-refractivity contribution in [2.24, 2.45) is 5.41 Å². The van der Waals surface area contributed by atoms with E-state index >= 15 is 0 Å². The van der Waals surface area contributed by atoms with Crippen molar-refractivity contribution in [3.63, 3.8) is 0 Å². The number of carbonyl (C=O) groups is 2. The second-order valence-corrected chi connectivity index (χ2v) is 9.81. The Morgan fingerprint density at radius 1 is 1.06 bits per heavy atom. The Balaban J connectivity index is 1.50.